The predicted octanol–water partition coefficient (Wildman–Crippen LogP) is 2.70. The van der Waals surface area contributed by atoms with Crippen LogP contribution in [0.25, 0.3) is 0 Å². The summed E-state index contributed by atoms with van der Waals surface area (Å²) in [6, 6.07) is 7.78. The average Bonchev–Trinajstić information content (AvgIpc) is 2.48. The van der Waals surface area contributed by atoms with Gasteiger partial charge in [-0.05, 0) is 23.8 Å². The summed E-state index contributed by atoms with van der Waals surface area (Å²) in [5, 5.41) is 0. The third kappa shape index (κ3) is 3.55. The normalized spacial score (nSPS) is 11.3. The first kappa shape index (κ1) is 15.8. The van der Waals surface area contributed by atoms with Gasteiger partial charge in [0.15, 0.2) is 0 Å². The van der Waals surface area contributed by atoms with Crippen LogP contribution in [0.2, 0.25) is 0 Å². The molecule has 4 nitrogen and oxygen atoms in total. The molecule has 0 atom stereocenters. The zero-order valence-electron chi connectivity index (χ0n) is 11.6. The fourth-order valence-corrected chi connectivity index (χ4v) is 1.93. The first-order chi connectivity index (χ1) is 10.3. The number of alkyl halides is 3. The lowest BCUT2D eigenvalue weighted by Crippen LogP contribution is -2.22. The smallest absolute Gasteiger partial charge is 0.417 e. The maximum atomic E-state index is 12.7. The molecule has 0 unspecified atom stereocenters. The van der Waals surface area contributed by atoms with Crippen molar-refractivity contribution in [2.24, 2.45) is 0 Å². The maximum absolute atomic E-state index is 12.7. The number of methoxy groups -OCH3 is 1. The molecule has 22 heavy (non-hydrogen) atoms. The summed E-state index contributed by atoms with van der Waals surface area (Å²) in [5.41, 5.74) is -0.683. The van der Waals surface area contributed by atoms with Crippen molar-refractivity contribution in [2.75, 3.05) is 7.11 Å². The van der Waals surface area contributed by atoms with Crippen LogP contribution in [0.5, 0.6) is 0 Å². The quantitative estimate of drug-likeness (QED) is 0.819. The molecule has 116 valence electrons. The molecule has 0 bridgehead atoms. The number of halogens is 3. The highest BCUT2D eigenvalue weighted by atomic mass is 19.4. The van der Waals surface area contributed by atoms with E-state index in [-0.39, 0.29) is 12.1 Å². The van der Waals surface area contributed by atoms with E-state index in [2.05, 4.69) is 4.74 Å². The lowest BCUT2D eigenvalue weighted by atomic mass is 10.1. The second-order valence-corrected chi connectivity index (χ2v) is 4.57. The van der Waals surface area contributed by atoms with Crippen molar-refractivity contribution < 1.29 is 22.7 Å². The van der Waals surface area contributed by atoms with Crippen molar-refractivity contribution in [1.29, 1.82) is 0 Å². The van der Waals surface area contributed by atoms with E-state index >= 15 is 0 Å². The standard InChI is InChI=1S/C15H12F3NO3/c1-22-14(21)11-4-2-3-10(7-11)8-19-9-12(15(16,17)18)5-6-13(19)20/h2-7,9H,8H2,1H3. The number of esters is 1. The van der Waals surface area contributed by atoms with Crippen LogP contribution in [-0.2, 0) is 17.5 Å². The van der Waals surface area contributed by atoms with Gasteiger partial charge in [0.05, 0.1) is 24.8 Å². The van der Waals surface area contributed by atoms with Crippen LogP contribution in [0.4, 0.5) is 13.2 Å². The number of carbonyl (C=O) groups is 1. The highest BCUT2D eigenvalue weighted by Crippen LogP contribution is 2.28. The molecule has 0 aliphatic heterocycles. The Morgan fingerprint density at radius 2 is 1.95 bits per heavy atom. The van der Waals surface area contributed by atoms with E-state index in [9.17, 15) is 22.8 Å². The summed E-state index contributed by atoms with van der Waals surface area (Å²) < 4.78 is 43.5. The van der Waals surface area contributed by atoms with E-state index in [1.54, 1.807) is 12.1 Å². The Balaban J connectivity index is 2.35. The topological polar surface area (TPSA) is 48.3 Å². The molecule has 1 aromatic heterocycles. The first-order valence-corrected chi connectivity index (χ1v) is 6.26. The molecule has 0 aliphatic carbocycles. The van der Waals surface area contributed by atoms with Crippen LogP contribution in [0, 0.1) is 0 Å². The Morgan fingerprint density at radius 3 is 2.59 bits per heavy atom. The molecule has 0 fully saturated rings. The Bertz CT molecular complexity index is 750. The summed E-state index contributed by atoms with van der Waals surface area (Å²) in [7, 11) is 1.23. The average molecular weight is 311 g/mol. The van der Waals surface area contributed by atoms with Crippen LogP contribution in [0.1, 0.15) is 21.5 Å². The minimum Gasteiger partial charge on any atom is -0.465 e. The summed E-state index contributed by atoms with van der Waals surface area (Å²) >= 11 is 0. The summed E-state index contributed by atoms with van der Waals surface area (Å²) in [5.74, 6) is -0.557. The van der Waals surface area contributed by atoms with Gasteiger partial charge in [-0.3, -0.25) is 4.79 Å². The number of hydrogen-bond donors (Lipinski definition) is 0. The van der Waals surface area contributed by atoms with Crippen molar-refractivity contribution in [1.82, 2.24) is 4.57 Å². The van der Waals surface area contributed by atoms with E-state index < -0.39 is 23.3 Å². The molecule has 2 aromatic rings. The Hall–Kier alpha value is -2.57. The number of nitrogens with zero attached hydrogens (tertiary/aromatic N) is 1. The summed E-state index contributed by atoms with van der Waals surface area (Å²) in [4.78, 5) is 23.1. The zero-order chi connectivity index (χ0) is 16.3. The van der Waals surface area contributed by atoms with Gasteiger partial charge in [-0.2, -0.15) is 13.2 Å². The molecule has 1 aromatic carbocycles. The van der Waals surface area contributed by atoms with Gasteiger partial charge in [0.1, 0.15) is 0 Å². The Labute approximate surface area is 123 Å². The van der Waals surface area contributed by atoms with Gasteiger partial charge < -0.3 is 9.30 Å². The molecule has 1 heterocycles. The van der Waals surface area contributed by atoms with Crippen molar-refractivity contribution in [2.45, 2.75) is 12.7 Å². The molecule has 0 radical (unpaired) electrons. The van der Waals surface area contributed by atoms with Gasteiger partial charge in [0, 0.05) is 12.3 Å². The molecule has 0 N–H and O–H groups in total. The number of pyridine rings is 1. The predicted molar refractivity (Wildman–Crippen MR) is 72.6 cm³/mol. The number of ether oxygens (including phenoxy) is 1. The van der Waals surface area contributed by atoms with Gasteiger partial charge in [0.25, 0.3) is 5.56 Å². The highest BCUT2D eigenvalue weighted by molar-refractivity contribution is 5.89. The largest absolute Gasteiger partial charge is 0.465 e. The van der Waals surface area contributed by atoms with Crippen molar-refractivity contribution in [3.63, 3.8) is 0 Å². The minimum absolute atomic E-state index is 0.0758. The SMILES string of the molecule is COC(=O)c1cccc(Cn2cc(C(F)(F)F)ccc2=O)c1. The van der Waals surface area contributed by atoms with Crippen LogP contribution < -0.4 is 5.56 Å². The second-order valence-electron chi connectivity index (χ2n) is 4.57. The summed E-state index contributed by atoms with van der Waals surface area (Å²) in [6.07, 6.45) is -3.77. The lowest BCUT2D eigenvalue weighted by molar-refractivity contribution is -0.138. The number of benzene rings is 1. The van der Waals surface area contributed by atoms with Crippen LogP contribution >= 0.6 is 0 Å². The van der Waals surface area contributed by atoms with Gasteiger partial charge in [-0.25, -0.2) is 4.79 Å². The maximum Gasteiger partial charge on any atom is 0.417 e. The molecule has 0 spiro atoms. The van der Waals surface area contributed by atoms with Crippen LogP contribution in [0.3, 0.4) is 0 Å². The van der Waals surface area contributed by atoms with Crippen LogP contribution in [0.15, 0.2) is 47.4 Å². The monoisotopic (exact) mass is 311 g/mol. The fraction of sp³-hybridized carbons (Fsp3) is 0.200. The van der Waals surface area contributed by atoms with Crippen LogP contribution in [-0.4, -0.2) is 17.6 Å². The van der Waals surface area contributed by atoms with Crippen molar-refractivity contribution in [3.8, 4) is 0 Å². The minimum atomic E-state index is -4.52. The van der Waals surface area contributed by atoms with E-state index in [1.165, 1.54) is 19.2 Å². The third-order valence-electron chi connectivity index (χ3n) is 3.01. The van der Waals surface area contributed by atoms with E-state index in [1.807, 2.05) is 0 Å². The molecule has 0 aliphatic rings. The molecule has 0 saturated carbocycles. The molecule has 2 rings (SSSR count). The molecule has 0 amide bonds. The molecular weight excluding hydrogens is 299 g/mol. The lowest BCUT2D eigenvalue weighted by Gasteiger charge is -2.11. The molecule has 7 heteroatoms. The Morgan fingerprint density at radius 1 is 1.23 bits per heavy atom. The van der Waals surface area contributed by atoms with Crippen molar-refractivity contribution in [3.05, 3.63) is 69.6 Å². The number of carbonyl (C=O) groups excluding carboxylic acids is 1. The summed E-state index contributed by atoms with van der Waals surface area (Å²) in [6.45, 7) is -0.0758. The van der Waals surface area contributed by atoms with E-state index in [0.29, 0.717) is 5.56 Å². The molecule has 0 saturated heterocycles. The zero-order valence-corrected chi connectivity index (χ0v) is 11.6. The van der Waals surface area contributed by atoms with E-state index in [4.69, 9.17) is 0 Å². The number of hydrogen-bond acceptors (Lipinski definition) is 3. The van der Waals surface area contributed by atoms with Gasteiger partial charge in [-0.15, -0.1) is 0 Å². The molecular formula is C15H12F3NO3. The number of aromatic nitrogens is 1. The van der Waals surface area contributed by atoms with Gasteiger partial charge in [-0.1, -0.05) is 12.1 Å². The first-order valence-electron chi connectivity index (χ1n) is 6.26. The second kappa shape index (κ2) is 6.05. The van der Waals surface area contributed by atoms with Gasteiger partial charge >= 0.3 is 12.1 Å². The fourth-order valence-electron chi connectivity index (χ4n) is 1.93. The highest BCUT2D eigenvalue weighted by Gasteiger charge is 2.31. The van der Waals surface area contributed by atoms with Gasteiger partial charge in [0.2, 0.25) is 0 Å². The van der Waals surface area contributed by atoms with E-state index in [0.717, 1.165) is 22.9 Å². The number of rotatable bonds is 3. The Kier molecular flexibility index (Phi) is 4.35. The van der Waals surface area contributed by atoms with Crippen molar-refractivity contribution >= 4 is 5.97 Å². The third-order valence-corrected chi connectivity index (χ3v) is 3.01.